The van der Waals surface area contributed by atoms with Crippen LogP contribution in [-0.4, -0.2) is 44.3 Å². The average molecular weight is 347 g/mol. The standard InChI is InChI=1S/C12H18IN3O/c1-16-4-5-17-10(8-16)7-15-12-3-2-9(13)6-11(12)14/h2-3,6,10,15H,4-5,7-8,14H2,1H3. The van der Waals surface area contributed by atoms with Gasteiger partial charge in [0.1, 0.15) is 0 Å². The number of rotatable bonds is 3. The highest BCUT2D eigenvalue weighted by atomic mass is 127. The Labute approximate surface area is 116 Å². The molecule has 1 saturated heterocycles. The lowest BCUT2D eigenvalue weighted by molar-refractivity contribution is -0.0117. The molecule has 0 aliphatic carbocycles. The van der Waals surface area contributed by atoms with Crippen molar-refractivity contribution in [2.75, 3.05) is 44.3 Å². The summed E-state index contributed by atoms with van der Waals surface area (Å²) < 4.78 is 6.84. The molecule has 1 heterocycles. The summed E-state index contributed by atoms with van der Waals surface area (Å²) in [5, 5.41) is 3.35. The fraction of sp³-hybridized carbons (Fsp3) is 0.500. The minimum atomic E-state index is 0.243. The van der Waals surface area contributed by atoms with Gasteiger partial charge in [-0.15, -0.1) is 0 Å². The third-order valence-corrected chi connectivity index (χ3v) is 3.55. The summed E-state index contributed by atoms with van der Waals surface area (Å²) in [7, 11) is 2.12. The molecule has 0 radical (unpaired) electrons. The zero-order valence-corrected chi connectivity index (χ0v) is 12.1. The van der Waals surface area contributed by atoms with Crippen LogP contribution in [0.25, 0.3) is 0 Å². The topological polar surface area (TPSA) is 50.5 Å². The summed E-state index contributed by atoms with van der Waals surface area (Å²) in [6.45, 7) is 3.60. The molecule has 1 unspecified atom stereocenters. The molecular formula is C12H18IN3O. The Hall–Kier alpha value is -0.530. The Morgan fingerprint density at radius 3 is 3.12 bits per heavy atom. The molecule has 5 heteroatoms. The van der Waals surface area contributed by atoms with Crippen molar-refractivity contribution >= 4 is 34.0 Å². The molecule has 1 aliphatic heterocycles. The number of ether oxygens (including phenoxy) is 1. The van der Waals surface area contributed by atoms with Crippen molar-refractivity contribution in [2.45, 2.75) is 6.10 Å². The zero-order chi connectivity index (χ0) is 12.3. The number of nitrogens with zero attached hydrogens (tertiary/aromatic N) is 1. The first kappa shape index (κ1) is 12.9. The zero-order valence-electron chi connectivity index (χ0n) is 9.95. The Morgan fingerprint density at radius 2 is 2.41 bits per heavy atom. The van der Waals surface area contributed by atoms with Gasteiger partial charge in [0.25, 0.3) is 0 Å². The second kappa shape index (κ2) is 5.88. The van der Waals surface area contributed by atoms with Gasteiger partial charge in [-0.05, 0) is 47.8 Å². The molecule has 0 aromatic heterocycles. The summed E-state index contributed by atoms with van der Waals surface area (Å²) in [6.07, 6.45) is 0.243. The molecule has 0 spiro atoms. The SMILES string of the molecule is CN1CCOC(CNc2ccc(I)cc2N)C1. The summed E-state index contributed by atoms with van der Waals surface area (Å²) >= 11 is 2.26. The maximum absolute atomic E-state index is 5.95. The molecule has 3 N–H and O–H groups in total. The quantitative estimate of drug-likeness (QED) is 0.645. The lowest BCUT2D eigenvalue weighted by Gasteiger charge is -2.30. The number of likely N-dealkylation sites (N-methyl/N-ethyl adjacent to an activating group) is 1. The molecular weight excluding hydrogens is 329 g/mol. The first-order valence-corrected chi connectivity index (χ1v) is 6.82. The number of hydrogen-bond acceptors (Lipinski definition) is 4. The van der Waals surface area contributed by atoms with E-state index in [9.17, 15) is 0 Å². The Morgan fingerprint density at radius 1 is 1.59 bits per heavy atom. The van der Waals surface area contributed by atoms with Crippen LogP contribution in [0.2, 0.25) is 0 Å². The predicted molar refractivity (Wildman–Crippen MR) is 79.3 cm³/mol. The van der Waals surface area contributed by atoms with Gasteiger partial charge in [-0.2, -0.15) is 0 Å². The monoisotopic (exact) mass is 347 g/mol. The fourth-order valence-corrected chi connectivity index (χ4v) is 2.42. The molecule has 2 rings (SSSR count). The van der Waals surface area contributed by atoms with Crippen molar-refractivity contribution < 1.29 is 4.74 Å². The fourth-order valence-electron chi connectivity index (χ4n) is 1.91. The second-order valence-electron chi connectivity index (χ2n) is 4.37. The van der Waals surface area contributed by atoms with Gasteiger partial charge in [-0.25, -0.2) is 0 Å². The van der Waals surface area contributed by atoms with E-state index in [0.29, 0.717) is 0 Å². The van der Waals surface area contributed by atoms with Gasteiger partial charge in [-0.1, -0.05) is 0 Å². The Kier molecular flexibility index (Phi) is 4.47. The Bertz CT molecular complexity index is 386. The van der Waals surface area contributed by atoms with Crippen molar-refractivity contribution in [3.63, 3.8) is 0 Å². The molecule has 1 aromatic carbocycles. The summed E-state index contributed by atoms with van der Waals surface area (Å²) in [5.41, 5.74) is 7.73. The van der Waals surface area contributed by atoms with E-state index in [2.05, 4.69) is 39.9 Å². The number of benzene rings is 1. The third kappa shape index (κ3) is 3.72. The van der Waals surface area contributed by atoms with Crippen LogP contribution < -0.4 is 11.1 Å². The van der Waals surface area contributed by atoms with Crippen LogP contribution in [0.15, 0.2) is 18.2 Å². The van der Waals surface area contributed by atoms with E-state index in [-0.39, 0.29) is 6.10 Å². The first-order valence-electron chi connectivity index (χ1n) is 5.74. The molecule has 1 aromatic rings. The molecule has 0 saturated carbocycles. The number of nitrogens with one attached hydrogen (secondary N) is 1. The van der Waals surface area contributed by atoms with Crippen LogP contribution >= 0.6 is 22.6 Å². The minimum Gasteiger partial charge on any atom is -0.397 e. The van der Waals surface area contributed by atoms with Gasteiger partial charge >= 0.3 is 0 Å². The van der Waals surface area contributed by atoms with Gasteiger partial charge in [0, 0.05) is 23.2 Å². The Balaban J connectivity index is 1.88. The molecule has 94 valence electrons. The van der Waals surface area contributed by atoms with E-state index in [0.717, 1.165) is 41.2 Å². The van der Waals surface area contributed by atoms with E-state index in [4.69, 9.17) is 10.5 Å². The lowest BCUT2D eigenvalue weighted by Crippen LogP contribution is -2.43. The van der Waals surface area contributed by atoms with Crippen molar-refractivity contribution in [3.05, 3.63) is 21.8 Å². The van der Waals surface area contributed by atoms with Crippen molar-refractivity contribution in [1.82, 2.24) is 4.90 Å². The van der Waals surface area contributed by atoms with Gasteiger partial charge in [0.05, 0.1) is 24.1 Å². The normalized spacial score (nSPS) is 21.4. The number of nitrogen functional groups attached to an aromatic ring is 1. The highest BCUT2D eigenvalue weighted by Gasteiger charge is 2.17. The minimum absolute atomic E-state index is 0.243. The summed E-state index contributed by atoms with van der Waals surface area (Å²) in [4.78, 5) is 2.28. The molecule has 0 bridgehead atoms. The first-order chi connectivity index (χ1) is 8.15. The van der Waals surface area contributed by atoms with E-state index in [1.165, 1.54) is 0 Å². The maximum atomic E-state index is 5.95. The van der Waals surface area contributed by atoms with Crippen LogP contribution in [0, 0.1) is 3.57 Å². The molecule has 1 atom stereocenters. The van der Waals surface area contributed by atoms with Crippen molar-refractivity contribution in [3.8, 4) is 0 Å². The molecule has 1 aliphatic rings. The van der Waals surface area contributed by atoms with Crippen molar-refractivity contribution in [1.29, 1.82) is 0 Å². The summed E-state index contributed by atoms with van der Waals surface area (Å²) in [6, 6.07) is 6.04. The van der Waals surface area contributed by atoms with Crippen LogP contribution in [0.5, 0.6) is 0 Å². The molecule has 17 heavy (non-hydrogen) atoms. The number of nitrogens with two attached hydrogens (primary N) is 1. The van der Waals surface area contributed by atoms with Gasteiger partial charge < -0.3 is 20.7 Å². The van der Waals surface area contributed by atoms with Crippen LogP contribution in [-0.2, 0) is 4.74 Å². The van der Waals surface area contributed by atoms with Crippen LogP contribution in [0.3, 0.4) is 0 Å². The smallest absolute Gasteiger partial charge is 0.0874 e. The van der Waals surface area contributed by atoms with Crippen LogP contribution in [0.4, 0.5) is 11.4 Å². The highest BCUT2D eigenvalue weighted by molar-refractivity contribution is 14.1. The van der Waals surface area contributed by atoms with Crippen LogP contribution in [0.1, 0.15) is 0 Å². The number of halogens is 1. The number of hydrogen-bond donors (Lipinski definition) is 2. The van der Waals surface area contributed by atoms with E-state index in [1.54, 1.807) is 0 Å². The van der Waals surface area contributed by atoms with E-state index < -0.39 is 0 Å². The molecule has 0 amide bonds. The highest BCUT2D eigenvalue weighted by Crippen LogP contribution is 2.21. The van der Waals surface area contributed by atoms with Gasteiger partial charge in [-0.3, -0.25) is 0 Å². The molecule has 4 nitrogen and oxygen atoms in total. The average Bonchev–Trinajstić information content (AvgIpc) is 2.28. The predicted octanol–water partition coefficient (Wildman–Crippen LogP) is 1.62. The molecule has 1 fully saturated rings. The van der Waals surface area contributed by atoms with Crippen molar-refractivity contribution in [2.24, 2.45) is 0 Å². The number of morpholine rings is 1. The van der Waals surface area contributed by atoms with E-state index >= 15 is 0 Å². The van der Waals surface area contributed by atoms with Gasteiger partial charge in [0.2, 0.25) is 0 Å². The lowest BCUT2D eigenvalue weighted by atomic mass is 10.2. The van der Waals surface area contributed by atoms with Gasteiger partial charge in [0.15, 0.2) is 0 Å². The second-order valence-corrected chi connectivity index (χ2v) is 5.61. The summed E-state index contributed by atoms with van der Waals surface area (Å²) in [5.74, 6) is 0. The largest absolute Gasteiger partial charge is 0.397 e. The number of anilines is 2. The maximum Gasteiger partial charge on any atom is 0.0874 e. The third-order valence-electron chi connectivity index (χ3n) is 2.88. The van der Waals surface area contributed by atoms with E-state index in [1.807, 2.05) is 18.2 Å².